The van der Waals surface area contributed by atoms with Gasteiger partial charge in [0.25, 0.3) is 0 Å². The summed E-state index contributed by atoms with van der Waals surface area (Å²) in [4.78, 5) is 11.5. The Labute approximate surface area is 77.3 Å². The van der Waals surface area contributed by atoms with Gasteiger partial charge in [0, 0.05) is 5.92 Å². The van der Waals surface area contributed by atoms with Gasteiger partial charge in [0.15, 0.2) is 0 Å². The summed E-state index contributed by atoms with van der Waals surface area (Å²) < 4.78 is 4.82. The first-order valence-corrected chi connectivity index (χ1v) is 4.70. The van der Waals surface area contributed by atoms with Crippen LogP contribution in [0.1, 0.15) is 0 Å². The zero-order chi connectivity index (χ0) is 9.16. The molecule has 0 spiro atoms. The summed E-state index contributed by atoms with van der Waals surface area (Å²) in [6.07, 6.45) is 4.38. The van der Waals surface area contributed by atoms with Gasteiger partial charge in [-0.1, -0.05) is 24.3 Å². The molecule has 2 nitrogen and oxygen atoms in total. The fourth-order valence-corrected chi connectivity index (χ4v) is 3.19. The summed E-state index contributed by atoms with van der Waals surface area (Å²) >= 11 is 0. The quantitative estimate of drug-likeness (QED) is 0.446. The lowest BCUT2D eigenvalue weighted by atomic mass is 9.81. The van der Waals surface area contributed by atoms with Gasteiger partial charge in [-0.2, -0.15) is 0 Å². The van der Waals surface area contributed by atoms with Gasteiger partial charge in [0.1, 0.15) is 0 Å². The van der Waals surface area contributed by atoms with Crippen LogP contribution in [0.5, 0.6) is 0 Å². The first-order chi connectivity index (χ1) is 6.25. The number of methoxy groups -OCH3 is 1. The van der Waals surface area contributed by atoms with Crippen LogP contribution in [0.4, 0.5) is 0 Å². The highest BCUT2D eigenvalue weighted by molar-refractivity contribution is 5.77. The molecule has 2 saturated carbocycles. The fourth-order valence-electron chi connectivity index (χ4n) is 3.19. The van der Waals surface area contributed by atoms with Crippen LogP contribution in [-0.4, -0.2) is 13.1 Å². The molecule has 0 N–H and O–H groups in total. The van der Waals surface area contributed by atoms with E-state index in [9.17, 15) is 4.79 Å². The van der Waals surface area contributed by atoms with Gasteiger partial charge < -0.3 is 4.74 Å². The summed E-state index contributed by atoms with van der Waals surface area (Å²) in [6, 6.07) is 0. The van der Waals surface area contributed by atoms with Gasteiger partial charge in [-0.25, -0.2) is 0 Å². The number of hydrogen-bond donors (Lipinski definition) is 0. The zero-order valence-electron chi connectivity index (χ0n) is 7.57. The molecule has 0 radical (unpaired) electrons. The van der Waals surface area contributed by atoms with Gasteiger partial charge in [-0.3, -0.25) is 4.79 Å². The lowest BCUT2D eigenvalue weighted by Gasteiger charge is -2.24. The molecule has 2 heteroatoms. The van der Waals surface area contributed by atoms with Crippen molar-refractivity contribution >= 4 is 5.97 Å². The van der Waals surface area contributed by atoms with Gasteiger partial charge in [-0.15, -0.1) is 0 Å². The second-order valence-corrected chi connectivity index (χ2v) is 4.22. The molecule has 4 aliphatic rings. The molecule has 0 saturated heterocycles. The van der Waals surface area contributed by atoms with E-state index >= 15 is 0 Å². The Morgan fingerprint density at radius 1 is 1.54 bits per heavy atom. The van der Waals surface area contributed by atoms with E-state index in [1.54, 1.807) is 0 Å². The number of esters is 1. The van der Waals surface area contributed by atoms with Crippen molar-refractivity contribution in [1.82, 2.24) is 0 Å². The van der Waals surface area contributed by atoms with Crippen LogP contribution in [0, 0.1) is 29.6 Å². The van der Waals surface area contributed by atoms with Crippen molar-refractivity contribution in [1.29, 1.82) is 0 Å². The van der Waals surface area contributed by atoms with E-state index in [2.05, 4.69) is 18.7 Å². The molecule has 2 fully saturated rings. The lowest BCUT2D eigenvalue weighted by Crippen LogP contribution is -2.26. The third-order valence-corrected chi connectivity index (χ3v) is 3.80. The molecule has 0 aromatic carbocycles. The number of carbonyl (C=O) groups is 1. The summed E-state index contributed by atoms with van der Waals surface area (Å²) in [5.74, 6) is 2.02. The number of carbonyl (C=O) groups excluding carboxylic acids is 1. The highest BCUT2D eigenvalue weighted by Gasteiger charge is 2.66. The van der Waals surface area contributed by atoms with Crippen molar-refractivity contribution < 1.29 is 9.53 Å². The predicted octanol–water partition coefficient (Wildman–Crippen LogP) is 1.39. The SMILES string of the molecule is C=C1[C@@H]2[C@H]3C=C[C@@H]1[C@H](C(=O)OC)[C@@H]32. The van der Waals surface area contributed by atoms with Crippen LogP contribution in [0.25, 0.3) is 0 Å². The number of allylic oxidation sites excluding steroid dienone is 3. The Balaban J connectivity index is 1.99. The van der Waals surface area contributed by atoms with Gasteiger partial charge in [0.2, 0.25) is 0 Å². The van der Waals surface area contributed by atoms with Gasteiger partial charge >= 0.3 is 5.97 Å². The van der Waals surface area contributed by atoms with Crippen molar-refractivity contribution in [2.45, 2.75) is 0 Å². The molecule has 0 aromatic rings. The Hall–Kier alpha value is -1.05. The number of hydrogen-bond acceptors (Lipinski definition) is 2. The Morgan fingerprint density at radius 2 is 2.31 bits per heavy atom. The van der Waals surface area contributed by atoms with E-state index in [0.29, 0.717) is 17.8 Å². The zero-order valence-corrected chi connectivity index (χ0v) is 7.57. The Kier molecular flexibility index (Phi) is 1.17. The molecule has 4 rings (SSSR count). The van der Waals surface area contributed by atoms with Crippen molar-refractivity contribution in [3.63, 3.8) is 0 Å². The topological polar surface area (TPSA) is 26.3 Å². The van der Waals surface area contributed by atoms with E-state index in [1.165, 1.54) is 12.7 Å². The largest absolute Gasteiger partial charge is 0.469 e. The number of rotatable bonds is 1. The van der Waals surface area contributed by atoms with Crippen molar-refractivity contribution in [3.8, 4) is 0 Å². The fraction of sp³-hybridized carbons (Fsp3) is 0.545. The summed E-state index contributed by atoms with van der Waals surface area (Å²) in [5, 5.41) is 0. The molecule has 0 aromatic heterocycles. The van der Waals surface area contributed by atoms with Crippen LogP contribution < -0.4 is 0 Å². The second-order valence-electron chi connectivity index (χ2n) is 4.22. The van der Waals surface area contributed by atoms with Crippen molar-refractivity contribution in [2.75, 3.05) is 7.11 Å². The van der Waals surface area contributed by atoms with Gasteiger partial charge in [-0.05, 0) is 17.8 Å². The molecule has 13 heavy (non-hydrogen) atoms. The standard InChI is InChI=1S/C11H12O2/c1-5-6-3-4-7-8(5)9(7)10(6)11(12)13-2/h3-4,6-10H,1H2,2H3/t6-,7+,8+,9-,10-/m0/s1. The lowest BCUT2D eigenvalue weighted by molar-refractivity contribution is -0.147. The molecule has 0 amide bonds. The van der Waals surface area contributed by atoms with Crippen molar-refractivity contribution in [3.05, 3.63) is 24.3 Å². The second kappa shape index (κ2) is 2.06. The first-order valence-electron chi connectivity index (χ1n) is 4.70. The third-order valence-electron chi connectivity index (χ3n) is 3.80. The van der Waals surface area contributed by atoms with Crippen LogP contribution in [-0.2, 0) is 9.53 Å². The normalized spacial score (nSPS) is 49.3. The monoisotopic (exact) mass is 176 g/mol. The van der Waals surface area contributed by atoms with E-state index in [-0.39, 0.29) is 17.8 Å². The first kappa shape index (κ1) is 7.36. The molecule has 5 atom stereocenters. The van der Waals surface area contributed by atoms with Crippen molar-refractivity contribution in [2.24, 2.45) is 29.6 Å². The minimum Gasteiger partial charge on any atom is -0.469 e. The van der Waals surface area contributed by atoms with Crippen LogP contribution in [0.2, 0.25) is 0 Å². The molecule has 68 valence electrons. The van der Waals surface area contributed by atoms with Crippen LogP contribution in [0.3, 0.4) is 0 Å². The molecular formula is C11H12O2. The maximum Gasteiger partial charge on any atom is 0.309 e. The summed E-state index contributed by atoms with van der Waals surface area (Å²) in [5.41, 5.74) is 1.26. The summed E-state index contributed by atoms with van der Waals surface area (Å²) in [7, 11) is 1.47. The maximum atomic E-state index is 11.5. The molecule has 0 unspecified atom stereocenters. The smallest absolute Gasteiger partial charge is 0.309 e. The third kappa shape index (κ3) is 0.679. The van der Waals surface area contributed by atoms with E-state index in [0.717, 1.165) is 0 Å². The van der Waals surface area contributed by atoms with Gasteiger partial charge in [0.05, 0.1) is 13.0 Å². The number of ether oxygens (including phenoxy) is 1. The van der Waals surface area contributed by atoms with Crippen LogP contribution in [0.15, 0.2) is 24.3 Å². The van der Waals surface area contributed by atoms with E-state index < -0.39 is 0 Å². The highest BCUT2D eigenvalue weighted by atomic mass is 16.5. The van der Waals surface area contributed by atoms with E-state index in [1.807, 2.05) is 0 Å². The Morgan fingerprint density at radius 3 is 2.77 bits per heavy atom. The van der Waals surface area contributed by atoms with E-state index in [4.69, 9.17) is 4.74 Å². The molecular weight excluding hydrogens is 164 g/mol. The predicted molar refractivity (Wildman–Crippen MR) is 47.7 cm³/mol. The summed E-state index contributed by atoms with van der Waals surface area (Å²) in [6.45, 7) is 4.07. The molecule has 0 heterocycles. The Bertz CT molecular complexity index is 329. The minimum absolute atomic E-state index is 0.0505. The molecule has 0 aliphatic heterocycles. The molecule has 4 bridgehead atoms. The maximum absolute atomic E-state index is 11.5. The minimum atomic E-state index is -0.0505. The molecule has 4 aliphatic carbocycles. The average molecular weight is 176 g/mol. The highest BCUT2D eigenvalue weighted by Crippen LogP contribution is 2.68. The van der Waals surface area contributed by atoms with Crippen LogP contribution >= 0.6 is 0 Å². The average Bonchev–Trinajstić information content (AvgIpc) is 2.83.